The topological polar surface area (TPSA) is 95.0 Å². The number of aryl methyl sites for hydroxylation is 1. The standard InChI is InChI=1S/C21H19N5O3S/c1-13-4-6-14(7-5-13)26-19-17(11-23-26)20(28)25-15(12-30-21(25)24-19)9-18(27)22-10-16-3-2-8-29-16/h2-8,11,15H,9-10,12H2,1H3,(H,22,27). The van der Waals surface area contributed by atoms with Crippen molar-refractivity contribution < 1.29 is 9.21 Å². The molecule has 0 fully saturated rings. The van der Waals surface area contributed by atoms with Crippen LogP contribution < -0.4 is 10.9 Å². The van der Waals surface area contributed by atoms with Gasteiger partial charge in [-0.25, -0.2) is 9.67 Å². The molecule has 1 aliphatic heterocycles. The van der Waals surface area contributed by atoms with Crippen LogP contribution >= 0.6 is 11.8 Å². The van der Waals surface area contributed by atoms with E-state index in [1.807, 2.05) is 31.2 Å². The third kappa shape index (κ3) is 3.30. The first-order chi connectivity index (χ1) is 14.6. The molecule has 0 radical (unpaired) electrons. The van der Waals surface area contributed by atoms with E-state index in [4.69, 9.17) is 9.40 Å². The summed E-state index contributed by atoms with van der Waals surface area (Å²) in [6, 6.07) is 11.2. The Morgan fingerprint density at radius 1 is 1.30 bits per heavy atom. The number of carbonyl (C=O) groups is 1. The quantitative estimate of drug-likeness (QED) is 0.498. The molecule has 9 heteroatoms. The van der Waals surface area contributed by atoms with Gasteiger partial charge in [-0.3, -0.25) is 14.2 Å². The SMILES string of the molecule is Cc1ccc(-n2ncc3c(=O)n4c(nc32)SCC4CC(=O)NCc2ccco2)cc1. The number of rotatable bonds is 5. The van der Waals surface area contributed by atoms with E-state index in [-0.39, 0.29) is 23.9 Å². The molecule has 1 unspecified atom stereocenters. The number of furan rings is 1. The van der Waals surface area contributed by atoms with Gasteiger partial charge in [0.25, 0.3) is 5.56 Å². The zero-order valence-electron chi connectivity index (χ0n) is 16.2. The summed E-state index contributed by atoms with van der Waals surface area (Å²) >= 11 is 1.48. The second kappa shape index (κ2) is 7.49. The number of hydrogen-bond donors (Lipinski definition) is 1. The minimum atomic E-state index is -0.242. The molecule has 3 aromatic heterocycles. The van der Waals surface area contributed by atoms with E-state index >= 15 is 0 Å². The molecule has 152 valence electrons. The summed E-state index contributed by atoms with van der Waals surface area (Å²) in [5, 5.41) is 8.28. The Morgan fingerprint density at radius 2 is 2.13 bits per heavy atom. The van der Waals surface area contributed by atoms with Crippen LogP contribution in [0.4, 0.5) is 0 Å². The Kier molecular flexibility index (Phi) is 4.66. The van der Waals surface area contributed by atoms with Gasteiger partial charge in [0.05, 0.1) is 30.7 Å². The van der Waals surface area contributed by atoms with E-state index in [1.54, 1.807) is 33.8 Å². The molecule has 1 aromatic carbocycles. The van der Waals surface area contributed by atoms with Gasteiger partial charge in [0.1, 0.15) is 11.1 Å². The summed E-state index contributed by atoms with van der Waals surface area (Å²) in [4.78, 5) is 30.2. The van der Waals surface area contributed by atoms with E-state index < -0.39 is 0 Å². The zero-order chi connectivity index (χ0) is 20.7. The van der Waals surface area contributed by atoms with Crippen LogP contribution in [0.5, 0.6) is 0 Å². The number of carbonyl (C=O) groups excluding carboxylic acids is 1. The van der Waals surface area contributed by atoms with Crippen molar-refractivity contribution in [3.63, 3.8) is 0 Å². The van der Waals surface area contributed by atoms with Gasteiger partial charge in [-0.2, -0.15) is 5.10 Å². The first-order valence-electron chi connectivity index (χ1n) is 9.59. The van der Waals surface area contributed by atoms with Crippen LogP contribution in [0.15, 0.2) is 63.2 Å². The van der Waals surface area contributed by atoms with E-state index in [0.717, 1.165) is 11.3 Å². The van der Waals surface area contributed by atoms with Gasteiger partial charge in [-0.05, 0) is 31.2 Å². The molecular weight excluding hydrogens is 402 g/mol. The van der Waals surface area contributed by atoms with Crippen LogP contribution in [0.2, 0.25) is 0 Å². The fourth-order valence-corrected chi connectivity index (χ4v) is 4.67. The van der Waals surface area contributed by atoms with Crippen molar-refractivity contribution in [1.29, 1.82) is 0 Å². The normalized spacial score (nSPS) is 15.4. The largest absolute Gasteiger partial charge is 0.467 e. The molecule has 4 aromatic rings. The molecule has 30 heavy (non-hydrogen) atoms. The van der Waals surface area contributed by atoms with Crippen LogP contribution in [-0.4, -0.2) is 31.0 Å². The molecule has 1 amide bonds. The van der Waals surface area contributed by atoms with Crippen LogP contribution in [0.3, 0.4) is 0 Å². The van der Waals surface area contributed by atoms with E-state index in [9.17, 15) is 9.59 Å². The summed E-state index contributed by atoms with van der Waals surface area (Å²) in [6.07, 6.45) is 3.33. The smallest absolute Gasteiger partial charge is 0.265 e. The molecule has 0 saturated heterocycles. The molecule has 0 spiro atoms. The number of aromatic nitrogens is 4. The van der Waals surface area contributed by atoms with E-state index in [2.05, 4.69) is 10.4 Å². The lowest BCUT2D eigenvalue weighted by atomic mass is 10.2. The fourth-order valence-electron chi connectivity index (χ4n) is 3.54. The summed E-state index contributed by atoms with van der Waals surface area (Å²) in [7, 11) is 0. The van der Waals surface area contributed by atoms with E-state index in [0.29, 0.717) is 34.2 Å². The van der Waals surface area contributed by atoms with Gasteiger partial charge < -0.3 is 9.73 Å². The summed E-state index contributed by atoms with van der Waals surface area (Å²) in [6.45, 7) is 2.35. The maximum absolute atomic E-state index is 13.2. The van der Waals surface area contributed by atoms with Crippen LogP contribution in [0.1, 0.15) is 23.8 Å². The fraction of sp³-hybridized carbons (Fsp3) is 0.238. The summed E-state index contributed by atoms with van der Waals surface area (Å²) in [5.41, 5.74) is 2.37. The maximum atomic E-state index is 13.2. The van der Waals surface area contributed by atoms with Crippen molar-refractivity contribution in [1.82, 2.24) is 24.6 Å². The van der Waals surface area contributed by atoms with Gasteiger partial charge in [-0.15, -0.1) is 0 Å². The lowest BCUT2D eigenvalue weighted by Crippen LogP contribution is -2.30. The summed E-state index contributed by atoms with van der Waals surface area (Å²) < 4.78 is 8.54. The molecule has 1 atom stereocenters. The van der Waals surface area contributed by atoms with Crippen LogP contribution in [0, 0.1) is 6.92 Å². The third-order valence-corrected chi connectivity index (χ3v) is 6.21. The molecule has 8 nitrogen and oxygen atoms in total. The number of fused-ring (bicyclic) bond motifs is 2. The Hall–Kier alpha value is -3.33. The molecule has 1 aliphatic rings. The highest BCUT2D eigenvalue weighted by Gasteiger charge is 2.29. The van der Waals surface area contributed by atoms with Crippen molar-refractivity contribution >= 4 is 28.7 Å². The third-order valence-electron chi connectivity index (χ3n) is 5.11. The Bertz CT molecular complexity index is 1270. The van der Waals surface area contributed by atoms with Gasteiger partial charge in [0.15, 0.2) is 10.8 Å². The highest BCUT2D eigenvalue weighted by molar-refractivity contribution is 7.99. The van der Waals surface area contributed by atoms with Gasteiger partial charge in [-0.1, -0.05) is 29.5 Å². The molecule has 4 heterocycles. The van der Waals surface area contributed by atoms with Gasteiger partial charge in [0, 0.05) is 12.2 Å². The van der Waals surface area contributed by atoms with E-state index in [1.165, 1.54) is 11.8 Å². The second-order valence-corrected chi connectivity index (χ2v) is 8.21. The lowest BCUT2D eigenvalue weighted by molar-refractivity contribution is -0.122. The summed E-state index contributed by atoms with van der Waals surface area (Å²) in [5.74, 6) is 1.18. The van der Waals surface area contributed by atoms with Crippen molar-refractivity contribution in [2.45, 2.75) is 31.1 Å². The zero-order valence-corrected chi connectivity index (χ0v) is 17.1. The number of thioether (sulfide) groups is 1. The number of benzene rings is 1. The first-order valence-corrected chi connectivity index (χ1v) is 10.6. The van der Waals surface area contributed by atoms with Crippen molar-refractivity contribution in [3.8, 4) is 5.69 Å². The first kappa shape index (κ1) is 18.7. The minimum Gasteiger partial charge on any atom is -0.467 e. The van der Waals surface area contributed by atoms with Gasteiger partial charge in [0.2, 0.25) is 5.91 Å². The van der Waals surface area contributed by atoms with Crippen LogP contribution in [0.25, 0.3) is 16.7 Å². The average molecular weight is 421 g/mol. The van der Waals surface area contributed by atoms with Crippen molar-refractivity contribution in [2.75, 3.05) is 5.75 Å². The number of nitrogens with zero attached hydrogens (tertiary/aromatic N) is 4. The molecule has 0 aliphatic carbocycles. The molecule has 0 saturated carbocycles. The Balaban J connectivity index is 1.42. The van der Waals surface area contributed by atoms with Crippen LogP contribution in [-0.2, 0) is 11.3 Å². The maximum Gasteiger partial charge on any atom is 0.265 e. The molecule has 1 N–H and O–H groups in total. The Morgan fingerprint density at radius 3 is 2.90 bits per heavy atom. The average Bonchev–Trinajstić information content (AvgIpc) is 3.48. The lowest BCUT2D eigenvalue weighted by Gasteiger charge is -2.13. The molecule has 0 bridgehead atoms. The highest BCUT2D eigenvalue weighted by Crippen LogP contribution is 2.33. The Labute approximate surface area is 175 Å². The van der Waals surface area contributed by atoms with Crippen molar-refractivity contribution in [3.05, 3.63) is 70.5 Å². The number of amides is 1. The minimum absolute atomic E-state index is 0.132. The molecular formula is C21H19N5O3S. The molecule has 5 rings (SSSR count). The van der Waals surface area contributed by atoms with Crippen molar-refractivity contribution in [2.24, 2.45) is 0 Å². The predicted octanol–water partition coefficient (Wildman–Crippen LogP) is 2.84. The monoisotopic (exact) mass is 421 g/mol. The second-order valence-electron chi connectivity index (χ2n) is 7.22. The van der Waals surface area contributed by atoms with Gasteiger partial charge >= 0.3 is 0 Å². The number of hydrogen-bond acceptors (Lipinski definition) is 6. The predicted molar refractivity (Wildman–Crippen MR) is 113 cm³/mol. The highest BCUT2D eigenvalue weighted by atomic mass is 32.2. The number of nitrogens with one attached hydrogen (secondary N) is 1.